The summed E-state index contributed by atoms with van der Waals surface area (Å²) in [4.78, 5) is 8.61. The summed E-state index contributed by atoms with van der Waals surface area (Å²) in [6.07, 6.45) is -4.70. The Bertz CT molecular complexity index is 453. The number of aliphatic hydroxyl groups excluding tert-OH is 1. The van der Waals surface area contributed by atoms with Crippen molar-refractivity contribution in [1.82, 2.24) is 9.88 Å². The van der Waals surface area contributed by atoms with Gasteiger partial charge in [-0.3, -0.25) is 4.90 Å². The second kappa shape index (κ2) is 5.87. The Labute approximate surface area is 119 Å². The number of thiazole rings is 1. The quantitative estimate of drug-likeness (QED) is 0.929. The van der Waals surface area contributed by atoms with Gasteiger partial charge in [0, 0.05) is 26.2 Å². The minimum absolute atomic E-state index is 0.377. The van der Waals surface area contributed by atoms with Gasteiger partial charge in [0.25, 0.3) is 0 Å². The molecule has 1 aromatic heterocycles. The monoisotopic (exact) mass is 309 g/mol. The Hall–Kier alpha value is -0.860. The molecule has 0 bridgehead atoms. The Morgan fingerprint density at radius 1 is 1.30 bits per heavy atom. The first kappa shape index (κ1) is 15.5. The molecule has 1 atom stereocenters. The second-order valence-corrected chi connectivity index (χ2v) is 6.01. The molecule has 0 amide bonds. The highest BCUT2D eigenvalue weighted by atomic mass is 32.1. The number of rotatable bonds is 3. The number of hydrogen-bond donors (Lipinski definition) is 1. The topological polar surface area (TPSA) is 39.6 Å². The lowest BCUT2D eigenvalue weighted by Crippen LogP contribution is -2.49. The third-order valence-electron chi connectivity index (χ3n) is 3.25. The van der Waals surface area contributed by atoms with Gasteiger partial charge in [-0.1, -0.05) is 11.3 Å². The second-order valence-electron chi connectivity index (χ2n) is 5.00. The Balaban J connectivity index is 1.95. The first-order valence-electron chi connectivity index (χ1n) is 6.45. The summed E-state index contributed by atoms with van der Waals surface area (Å²) in [6.45, 7) is 4.49. The molecular weight excluding hydrogens is 291 g/mol. The summed E-state index contributed by atoms with van der Waals surface area (Å²) < 4.78 is 36.9. The number of alkyl halides is 3. The number of piperazine rings is 1. The maximum Gasteiger partial charge on any atom is 0.401 e. The van der Waals surface area contributed by atoms with Gasteiger partial charge in [0.1, 0.15) is 0 Å². The van der Waals surface area contributed by atoms with Crippen molar-refractivity contribution in [2.75, 3.05) is 37.6 Å². The summed E-state index contributed by atoms with van der Waals surface area (Å²) in [5, 5.41) is 10.4. The molecule has 0 aromatic carbocycles. The Morgan fingerprint density at radius 2 is 1.90 bits per heavy atom. The van der Waals surface area contributed by atoms with Crippen LogP contribution in [-0.2, 0) is 0 Å². The highest BCUT2D eigenvalue weighted by molar-refractivity contribution is 7.15. The van der Waals surface area contributed by atoms with Crippen molar-refractivity contribution in [3.05, 3.63) is 10.6 Å². The van der Waals surface area contributed by atoms with Crippen LogP contribution < -0.4 is 4.90 Å². The largest absolute Gasteiger partial charge is 0.401 e. The highest BCUT2D eigenvalue weighted by Crippen LogP contribution is 2.31. The van der Waals surface area contributed by atoms with E-state index in [1.54, 1.807) is 6.92 Å². The Morgan fingerprint density at radius 3 is 2.35 bits per heavy atom. The van der Waals surface area contributed by atoms with Gasteiger partial charge < -0.3 is 10.0 Å². The third-order valence-corrected chi connectivity index (χ3v) is 4.63. The van der Waals surface area contributed by atoms with Crippen LogP contribution in [0.4, 0.5) is 18.3 Å². The highest BCUT2D eigenvalue weighted by Gasteiger charge is 2.32. The molecule has 1 fully saturated rings. The van der Waals surface area contributed by atoms with Crippen molar-refractivity contribution in [1.29, 1.82) is 0 Å². The molecule has 1 aromatic rings. The minimum atomic E-state index is -4.14. The molecule has 0 spiro atoms. The lowest BCUT2D eigenvalue weighted by Gasteiger charge is -2.34. The molecule has 0 aliphatic carbocycles. The molecule has 0 radical (unpaired) electrons. The van der Waals surface area contributed by atoms with Gasteiger partial charge in [-0.25, -0.2) is 4.98 Å². The molecule has 1 saturated heterocycles. The maximum atomic E-state index is 12.3. The predicted octanol–water partition coefficient (Wildman–Crippen LogP) is 2.19. The smallest absolute Gasteiger partial charge is 0.388 e. The van der Waals surface area contributed by atoms with Crippen LogP contribution in [0.2, 0.25) is 0 Å². The molecule has 1 unspecified atom stereocenters. The van der Waals surface area contributed by atoms with Gasteiger partial charge in [0.05, 0.1) is 23.2 Å². The molecule has 8 heteroatoms. The van der Waals surface area contributed by atoms with E-state index in [-0.39, 0.29) is 0 Å². The van der Waals surface area contributed by atoms with Gasteiger partial charge >= 0.3 is 6.18 Å². The molecule has 1 aliphatic heterocycles. The molecule has 114 valence electrons. The molecule has 0 saturated carbocycles. The van der Waals surface area contributed by atoms with Crippen molar-refractivity contribution < 1.29 is 18.3 Å². The van der Waals surface area contributed by atoms with E-state index >= 15 is 0 Å². The Kier molecular flexibility index (Phi) is 4.55. The molecule has 4 nitrogen and oxygen atoms in total. The predicted molar refractivity (Wildman–Crippen MR) is 72.2 cm³/mol. The number of nitrogens with zero attached hydrogens (tertiary/aromatic N) is 3. The van der Waals surface area contributed by atoms with Gasteiger partial charge in [0.2, 0.25) is 0 Å². The first-order valence-corrected chi connectivity index (χ1v) is 7.27. The average molecular weight is 309 g/mol. The molecule has 1 N–H and O–H groups in total. The van der Waals surface area contributed by atoms with E-state index < -0.39 is 18.8 Å². The van der Waals surface area contributed by atoms with Crippen molar-refractivity contribution >= 4 is 16.5 Å². The molecule has 2 rings (SSSR count). The lowest BCUT2D eigenvalue weighted by atomic mass is 10.3. The van der Waals surface area contributed by atoms with Crippen molar-refractivity contribution in [2.45, 2.75) is 26.1 Å². The van der Waals surface area contributed by atoms with E-state index in [0.717, 1.165) is 15.7 Å². The number of halogens is 3. The number of aliphatic hydroxyl groups is 1. The number of aromatic nitrogens is 1. The van der Waals surface area contributed by atoms with Crippen LogP contribution in [0, 0.1) is 6.92 Å². The fourth-order valence-electron chi connectivity index (χ4n) is 2.27. The van der Waals surface area contributed by atoms with E-state index in [1.807, 2.05) is 11.8 Å². The van der Waals surface area contributed by atoms with Crippen LogP contribution in [0.1, 0.15) is 23.6 Å². The van der Waals surface area contributed by atoms with E-state index in [4.69, 9.17) is 0 Å². The van der Waals surface area contributed by atoms with Crippen molar-refractivity contribution in [3.8, 4) is 0 Å². The van der Waals surface area contributed by atoms with Crippen LogP contribution in [0.25, 0.3) is 0 Å². The van der Waals surface area contributed by atoms with Crippen LogP contribution in [0.15, 0.2) is 0 Å². The molecule has 20 heavy (non-hydrogen) atoms. The zero-order chi connectivity index (χ0) is 14.9. The standard InChI is InChI=1S/C12H18F3N3OS/c1-8-10(9(2)19)20-11(16-8)18-5-3-17(4-6-18)7-12(13,14)15/h9,19H,3-7H2,1-2H3. The normalized spacial score (nSPS) is 19.4. The number of aryl methyl sites for hydroxylation is 1. The van der Waals surface area contributed by atoms with E-state index in [0.29, 0.717) is 26.2 Å². The van der Waals surface area contributed by atoms with Gasteiger partial charge in [-0.15, -0.1) is 0 Å². The summed E-state index contributed by atoms with van der Waals surface area (Å²) in [7, 11) is 0. The number of anilines is 1. The summed E-state index contributed by atoms with van der Waals surface area (Å²) in [6, 6.07) is 0. The maximum absolute atomic E-state index is 12.3. The van der Waals surface area contributed by atoms with Crippen molar-refractivity contribution in [2.24, 2.45) is 0 Å². The first-order chi connectivity index (χ1) is 9.26. The fraction of sp³-hybridized carbons (Fsp3) is 0.750. The van der Waals surface area contributed by atoms with Gasteiger partial charge in [-0.05, 0) is 13.8 Å². The van der Waals surface area contributed by atoms with Crippen LogP contribution in [0.5, 0.6) is 0 Å². The van der Waals surface area contributed by atoms with E-state index in [2.05, 4.69) is 4.98 Å². The SMILES string of the molecule is Cc1nc(N2CCN(CC(F)(F)F)CC2)sc1C(C)O. The summed E-state index contributed by atoms with van der Waals surface area (Å²) in [5.74, 6) is 0. The lowest BCUT2D eigenvalue weighted by molar-refractivity contribution is -0.146. The van der Waals surface area contributed by atoms with E-state index in [9.17, 15) is 18.3 Å². The summed E-state index contributed by atoms with van der Waals surface area (Å²) >= 11 is 1.41. The van der Waals surface area contributed by atoms with Crippen molar-refractivity contribution in [3.63, 3.8) is 0 Å². The zero-order valence-corrected chi connectivity index (χ0v) is 12.3. The van der Waals surface area contributed by atoms with Crippen LogP contribution in [0.3, 0.4) is 0 Å². The van der Waals surface area contributed by atoms with E-state index in [1.165, 1.54) is 16.2 Å². The molecular formula is C12H18F3N3OS. The van der Waals surface area contributed by atoms with Crippen LogP contribution in [-0.4, -0.2) is 53.9 Å². The molecule has 2 heterocycles. The fourth-order valence-corrected chi connectivity index (χ4v) is 3.32. The van der Waals surface area contributed by atoms with Gasteiger partial charge in [-0.2, -0.15) is 13.2 Å². The average Bonchev–Trinajstić information content (AvgIpc) is 2.70. The zero-order valence-electron chi connectivity index (χ0n) is 11.4. The summed E-state index contributed by atoms with van der Waals surface area (Å²) in [5.41, 5.74) is 0.790. The van der Waals surface area contributed by atoms with Gasteiger partial charge in [0.15, 0.2) is 5.13 Å². The third kappa shape index (κ3) is 3.83. The number of hydrogen-bond acceptors (Lipinski definition) is 5. The minimum Gasteiger partial charge on any atom is -0.388 e. The molecule has 1 aliphatic rings. The van der Waals surface area contributed by atoms with Crippen LogP contribution >= 0.6 is 11.3 Å².